The molecule has 3 aromatic carbocycles. The van der Waals surface area contributed by atoms with Gasteiger partial charge in [-0.3, -0.25) is 0 Å². The minimum absolute atomic E-state index is 1.20. The predicted molar refractivity (Wildman–Crippen MR) is 121 cm³/mol. The summed E-state index contributed by atoms with van der Waals surface area (Å²) in [7, 11) is 6.25. The van der Waals surface area contributed by atoms with Crippen LogP contribution in [0, 0.1) is 0 Å². The van der Waals surface area contributed by atoms with Crippen molar-refractivity contribution in [2.24, 2.45) is 7.05 Å². The van der Waals surface area contributed by atoms with Crippen molar-refractivity contribution in [2.75, 3.05) is 19.0 Å². The lowest BCUT2D eigenvalue weighted by atomic mass is 10.0. The molecule has 0 amide bonds. The van der Waals surface area contributed by atoms with Crippen LogP contribution in [-0.2, 0) is 7.05 Å². The summed E-state index contributed by atoms with van der Waals surface area (Å²) in [4.78, 5) is 2.11. The molecule has 1 aromatic heterocycles. The number of hydrogen-bond donors (Lipinski definition) is 0. The number of pyridine rings is 1. The minimum atomic E-state index is 1.20. The number of para-hydroxylation sites is 2. The van der Waals surface area contributed by atoms with E-state index in [0.29, 0.717) is 0 Å². The van der Waals surface area contributed by atoms with Gasteiger partial charge in [0.05, 0.1) is 10.8 Å². The summed E-state index contributed by atoms with van der Waals surface area (Å²) >= 11 is 0. The first-order chi connectivity index (χ1) is 13.6. The van der Waals surface area contributed by atoms with Crippen molar-refractivity contribution >= 4 is 39.6 Å². The Hall–Kier alpha value is -3.39. The SMILES string of the molecule is CN(C)c1ccc(C=CC=Cc2c3ccccc3[n+](C)c3ccccc23)cc1. The number of benzene rings is 3. The number of anilines is 1. The van der Waals surface area contributed by atoms with Crippen LogP contribution in [0.5, 0.6) is 0 Å². The largest absolute Gasteiger partial charge is 0.378 e. The molecule has 138 valence electrons. The zero-order valence-corrected chi connectivity index (χ0v) is 16.6. The van der Waals surface area contributed by atoms with Gasteiger partial charge in [0, 0.05) is 37.5 Å². The van der Waals surface area contributed by atoms with Crippen LogP contribution in [0.4, 0.5) is 5.69 Å². The van der Waals surface area contributed by atoms with Crippen molar-refractivity contribution < 1.29 is 4.57 Å². The van der Waals surface area contributed by atoms with Gasteiger partial charge in [0.25, 0.3) is 0 Å². The normalized spacial score (nSPS) is 11.8. The fourth-order valence-corrected chi connectivity index (χ4v) is 3.64. The van der Waals surface area contributed by atoms with Gasteiger partial charge in [0.2, 0.25) is 11.0 Å². The van der Waals surface area contributed by atoms with E-state index in [9.17, 15) is 0 Å². The van der Waals surface area contributed by atoms with Crippen molar-refractivity contribution in [3.63, 3.8) is 0 Å². The number of aryl methyl sites for hydroxylation is 1. The average Bonchev–Trinajstić information content (AvgIpc) is 2.73. The van der Waals surface area contributed by atoms with Crippen molar-refractivity contribution in [1.82, 2.24) is 0 Å². The van der Waals surface area contributed by atoms with Crippen LogP contribution in [0.1, 0.15) is 11.1 Å². The Balaban J connectivity index is 1.71. The number of rotatable bonds is 4. The summed E-state index contributed by atoms with van der Waals surface area (Å²) in [5, 5.41) is 2.53. The maximum Gasteiger partial charge on any atom is 0.213 e. The number of hydrogen-bond acceptors (Lipinski definition) is 1. The van der Waals surface area contributed by atoms with Crippen LogP contribution in [0.3, 0.4) is 0 Å². The highest BCUT2D eigenvalue weighted by molar-refractivity contribution is 6.00. The third kappa shape index (κ3) is 3.41. The van der Waals surface area contributed by atoms with Gasteiger partial charge in [-0.05, 0) is 29.8 Å². The smallest absolute Gasteiger partial charge is 0.213 e. The van der Waals surface area contributed by atoms with Gasteiger partial charge in [-0.1, -0.05) is 60.7 Å². The third-order valence-corrected chi connectivity index (χ3v) is 5.18. The van der Waals surface area contributed by atoms with E-state index in [1.165, 1.54) is 38.6 Å². The fourth-order valence-electron chi connectivity index (χ4n) is 3.64. The summed E-state index contributed by atoms with van der Waals surface area (Å²) in [5.74, 6) is 0. The summed E-state index contributed by atoms with van der Waals surface area (Å²) < 4.78 is 2.27. The maximum atomic E-state index is 2.27. The Morgan fingerprint density at radius 1 is 0.679 bits per heavy atom. The molecule has 0 saturated heterocycles. The molecule has 1 heterocycles. The number of nitrogens with zero attached hydrogens (tertiary/aromatic N) is 2. The van der Waals surface area contributed by atoms with E-state index in [4.69, 9.17) is 0 Å². The van der Waals surface area contributed by atoms with Crippen molar-refractivity contribution in [2.45, 2.75) is 0 Å². The molecule has 4 rings (SSSR count). The van der Waals surface area contributed by atoms with Crippen molar-refractivity contribution in [3.05, 3.63) is 96.1 Å². The second-order valence-electron chi connectivity index (χ2n) is 7.21. The van der Waals surface area contributed by atoms with Crippen molar-refractivity contribution in [1.29, 1.82) is 0 Å². The van der Waals surface area contributed by atoms with E-state index >= 15 is 0 Å². The number of allylic oxidation sites excluding steroid dienone is 2. The molecule has 0 spiro atoms. The van der Waals surface area contributed by atoms with Crippen LogP contribution in [0.25, 0.3) is 34.0 Å². The molecule has 0 bridgehead atoms. The van der Waals surface area contributed by atoms with Gasteiger partial charge in [-0.25, -0.2) is 0 Å². The molecule has 4 aromatic rings. The molecule has 0 radical (unpaired) electrons. The molecule has 2 nitrogen and oxygen atoms in total. The van der Waals surface area contributed by atoms with Crippen molar-refractivity contribution in [3.8, 4) is 0 Å². The Morgan fingerprint density at radius 3 is 1.79 bits per heavy atom. The van der Waals surface area contributed by atoms with E-state index < -0.39 is 0 Å². The summed E-state index contributed by atoms with van der Waals surface area (Å²) in [6, 6.07) is 25.7. The number of fused-ring (bicyclic) bond motifs is 2. The van der Waals surface area contributed by atoms with Crippen LogP contribution in [0.2, 0.25) is 0 Å². The topological polar surface area (TPSA) is 7.12 Å². The highest BCUT2D eigenvalue weighted by Gasteiger charge is 2.14. The third-order valence-electron chi connectivity index (χ3n) is 5.18. The number of aromatic nitrogens is 1. The van der Waals surface area contributed by atoms with Gasteiger partial charge >= 0.3 is 0 Å². The molecule has 0 aliphatic rings. The molecule has 28 heavy (non-hydrogen) atoms. The molecular weight excluding hydrogens is 340 g/mol. The molecule has 0 saturated carbocycles. The van der Waals surface area contributed by atoms with E-state index in [1.807, 2.05) is 0 Å². The van der Waals surface area contributed by atoms with Crippen LogP contribution in [-0.4, -0.2) is 14.1 Å². The minimum Gasteiger partial charge on any atom is -0.378 e. The first kappa shape index (κ1) is 18.0. The van der Waals surface area contributed by atoms with E-state index in [2.05, 4.69) is 128 Å². The molecular formula is C26H25N2+. The Morgan fingerprint density at radius 2 is 1.21 bits per heavy atom. The Bertz CT molecular complexity index is 1130. The standard InChI is InChI=1S/C26H25N2/c1-27(2)21-18-16-20(17-19-21)10-4-5-11-22-23-12-6-8-14-25(23)28(3)26-15-9-7-13-24(22)26/h4-19H,1-3H3/q+1. The lowest BCUT2D eigenvalue weighted by molar-refractivity contribution is -0.617. The first-order valence-corrected chi connectivity index (χ1v) is 9.57. The quantitative estimate of drug-likeness (QED) is 0.259. The summed E-state index contributed by atoms with van der Waals surface area (Å²) in [6.45, 7) is 0. The van der Waals surface area contributed by atoms with Crippen LogP contribution < -0.4 is 9.47 Å². The van der Waals surface area contributed by atoms with E-state index in [1.54, 1.807) is 0 Å². The van der Waals surface area contributed by atoms with Crippen LogP contribution >= 0.6 is 0 Å². The Kier molecular flexibility index (Phi) is 4.94. The highest BCUT2D eigenvalue weighted by atomic mass is 15.1. The summed E-state index contributed by atoms with van der Waals surface area (Å²) in [5.41, 5.74) is 6.15. The lowest BCUT2D eigenvalue weighted by Crippen LogP contribution is -2.30. The molecule has 0 fully saturated rings. The van der Waals surface area contributed by atoms with E-state index in [0.717, 1.165) is 0 Å². The predicted octanol–water partition coefficient (Wildman–Crippen LogP) is 5.61. The second kappa shape index (κ2) is 7.69. The zero-order chi connectivity index (χ0) is 19.5. The maximum absolute atomic E-state index is 2.27. The molecule has 0 N–H and O–H groups in total. The molecule has 0 aliphatic heterocycles. The van der Waals surface area contributed by atoms with E-state index in [-0.39, 0.29) is 0 Å². The average molecular weight is 366 g/mol. The first-order valence-electron chi connectivity index (χ1n) is 9.57. The van der Waals surface area contributed by atoms with Gasteiger partial charge in [-0.15, -0.1) is 0 Å². The van der Waals surface area contributed by atoms with Gasteiger partial charge in [-0.2, -0.15) is 4.57 Å². The van der Waals surface area contributed by atoms with Gasteiger partial charge in [0.1, 0.15) is 7.05 Å². The highest BCUT2D eigenvalue weighted by Crippen LogP contribution is 2.25. The van der Waals surface area contributed by atoms with Gasteiger partial charge in [0.15, 0.2) is 0 Å². The Labute approximate surface area is 166 Å². The second-order valence-corrected chi connectivity index (χ2v) is 7.21. The molecule has 0 aliphatic carbocycles. The van der Waals surface area contributed by atoms with Gasteiger partial charge < -0.3 is 4.90 Å². The fraction of sp³-hybridized carbons (Fsp3) is 0.115. The lowest BCUT2D eigenvalue weighted by Gasteiger charge is -2.11. The zero-order valence-electron chi connectivity index (χ0n) is 16.6. The monoisotopic (exact) mass is 365 g/mol. The van der Waals surface area contributed by atoms with Crippen LogP contribution in [0.15, 0.2) is 84.9 Å². The summed E-state index contributed by atoms with van der Waals surface area (Å²) in [6.07, 6.45) is 8.61. The molecule has 0 unspecified atom stereocenters. The molecule has 2 heteroatoms. The molecule has 0 atom stereocenters.